The number of methoxy groups -OCH3 is 1. The lowest BCUT2D eigenvalue weighted by Gasteiger charge is -2.18. The van der Waals surface area contributed by atoms with Gasteiger partial charge in [0.2, 0.25) is 0 Å². The molecule has 90 valence electrons. The number of ether oxygens (including phenoxy) is 1. The zero-order chi connectivity index (χ0) is 12.1. The predicted octanol–water partition coefficient (Wildman–Crippen LogP) is -0.276. The van der Waals surface area contributed by atoms with E-state index in [2.05, 4.69) is 9.46 Å². The number of carbonyl (C=O) groups is 1. The first-order chi connectivity index (χ1) is 6.83. The van der Waals surface area contributed by atoms with Crippen molar-refractivity contribution in [2.24, 2.45) is 0 Å². The number of esters is 1. The van der Waals surface area contributed by atoms with E-state index in [9.17, 15) is 13.2 Å². The first kappa shape index (κ1) is 14.3. The van der Waals surface area contributed by atoms with Gasteiger partial charge in [0.15, 0.2) is 0 Å². The van der Waals surface area contributed by atoms with Crippen molar-refractivity contribution in [1.29, 1.82) is 0 Å². The van der Waals surface area contributed by atoms with Gasteiger partial charge in [-0.2, -0.15) is 17.4 Å². The highest BCUT2D eigenvalue weighted by Gasteiger charge is 2.20. The SMILES string of the molecule is CCC(CC(=O)OC)NS(=O)(=O)N(C)C. The molecule has 0 aromatic rings. The number of rotatable bonds is 6. The molecule has 0 radical (unpaired) electrons. The fraction of sp³-hybridized carbons (Fsp3) is 0.875. The summed E-state index contributed by atoms with van der Waals surface area (Å²) in [5.74, 6) is -0.427. The van der Waals surface area contributed by atoms with Crippen molar-refractivity contribution in [1.82, 2.24) is 9.03 Å². The molecule has 15 heavy (non-hydrogen) atoms. The molecule has 6 nitrogen and oxygen atoms in total. The van der Waals surface area contributed by atoms with Crippen LogP contribution in [0.15, 0.2) is 0 Å². The minimum Gasteiger partial charge on any atom is -0.469 e. The number of hydrogen-bond acceptors (Lipinski definition) is 4. The molecule has 0 amide bonds. The van der Waals surface area contributed by atoms with Gasteiger partial charge in [-0.1, -0.05) is 6.92 Å². The number of hydrogen-bond donors (Lipinski definition) is 1. The molecule has 0 aliphatic heterocycles. The number of carbonyl (C=O) groups excluding carboxylic acids is 1. The molecule has 0 aliphatic rings. The molecule has 0 heterocycles. The largest absolute Gasteiger partial charge is 0.469 e. The van der Waals surface area contributed by atoms with Crippen molar-refractivity contribution in [2.75, 3.05) is 21.2 Å². The van der Waals surface area contributed by atoms with Gasteiger partial charge in [-0.15, -0.1) is 0 Å². The Hall–Kier alpha value is -0.660. The fourth-order valence-corrected chi connectivity index (χ4v) is 1.75. The van der Waals surface area contributed by atoms with E-state index in [1.807, 2.05) is 0 Å². The molecule has 0 spiro atoms. The monoisotopic (exact) mass is 238 g/mol. The third-order valence-electron chi connectivity index (χ3n) is 1.93. The van der Waals surface area contributed by atoms with Crippen molar-refractivity contribution in [3.8, 4) is 0 Å². The van der Waals surface area contributed by atoms with Crippen LogP contribution in [0.3, 0.4) is 0 Å². The second kappa shape index (κ2) is 6.04. The summed E-state index contributed by atoms with van der Waals surface area (Å²) >= 11 is 0. The normalized spacial score (nSPS) is 13.9. The predicted molar refractivity (Wildman–Crippen MR) is 56.5 cm³/mol. The Morgan fingerprint density at radius 3 is 2.33 bits per heavy atom. The van der Waals surface area contributed by atoms with Crippen molar-refractivity contribution in [3.05, 3.63) is 0 Å². The standard InChI is InChI=1S/C8H18N2O4S/c1-5-7(6-8(11)14-4)9-15(12,13)10(2)3/h7,9H,5-6H2,1-4H3. The highest BCUT2D eigenvalue weighted by atomic mass is 32.2. The Bertz CT molecular complexity index is 300. The summed E-state index contributed by atoms with van der Waals surface area (Å²) in [6.45, 7) is 1.80. The molecule has 0 bridgehead atoms. The third kappa shape index (κ3) is 5.10. The van der Waals surface area contributed by atoms with Gasteiger partial charge >= 0.3 is 5.97 Å². The van der Waals surface area contributed by atoms with Gasteiger partial charge in [-0.05, 0) is 6.42 Å². The second-order valence-electron chi connectivity index (χ2n) is 3.29. The number of nitrogens with one attached hydrogen (secondary N) is 1. The van der Waals surface area contributed by atoms with E-state index in [1.54, 1.807) is 6.92 Å². The van der Waals surface area contributed by atoms with Gasteiger partial charge in [0.05, 0.1) is 13.5 Å². The summed E-state index contributed by atoms with van der Waals surface area (Å²) in [4.78, 5) is 11.0. The van der Waals surface area contributed by atoms with Crippen LogP contribution in [0, 0.1) is 0 Å². The van der Waals surface area contributed by atoms with Crippen molar-refractivity contribution >= 4 is 16.2 Å². The van der Waals surface area contributed by atoms with Crippen molar-refractivity contribution < 1.29 is 17.9 Å². The molecule has 0 aromatic heterocycles. The molecule has 0 aromatic carbocycles. The average Bonchev–Trinajstić information content (AvgIpc) is 2.15. The van der Waals surface area contributed by atoms with Crippen LogP contribution in [0.4, 0.5) is 0 Å². The molecule has 0 saturated carbocycles. The Kier molecular flexibility index (Phi) is 5.77. The Balaban J connectivity index is 4.40. The summed E-state index contributed by atoms with van der Waals surface area (Å²) in [6.07, 6.45) is 0.572. The van der Waals surface area contributed by atoms with E-state index < -0.39 is 22.2 Å². The van der Waals surface area contributed by atoms with E-state index in [0.29, 0.717) is 6.42 Å². The van der Waals surface area contributed by atoms with E-state index >= 15 is 0 Å². The maximum Gasteiger partial charge on any atom is 0.307 e. The van der Waals surface area contributed by atoms with Gasteiger partial charge < -0.3 is 4.74 Å². The zero-order valence-corrected chi connectivity index (χ0v) is 10.3. The lowest BCUT2D eigenvalue weighted by molar-refractivity contribution is -0.141. The quantitative estimate of drug-likeness (QED) is 0.646. The van der Waals surface area contributed by atoms with E-state index in [4.69, 9.17) is 0 Å². The van der Waals surface area contributed by atoms with Crippen LogP contribution in [0.5, 0.6) is 0 Å². The van der Waals surface area contributed by atoms with Crippen LogP contribution >= 0.6 is 0 Å². The molecule has 0 saturated heterocycles. The van der Waals surface area contributed by atoms with Crippen LogP contribution in [0.1, 0.15) is 19.8 Å². The molecule has 0 aliphatic carbocycles. The third-order valence-corrected chi connectivity index (χ3v) is 3.52. The smallest absolute Gasteiger partial charge is 0.307 e. The van der Waals surface area contributed by atoms with Crippen LogP contribution in [0.25, 0.3) is 0 Å². The van der Waals surface area contributed by atoms with Gasteiger partial charge in [0.25, 0.3) is 10.2 Å². The minimum absolute atomic E-state index is 0.0417. The van der Waals surface area contributed by atoms with Crippen molar-refractivity contribution in [2.45, 2.75) is 25.8 Å². The van der Waals surface area contributed by atoms with Crippen LogP contribution in [-0.2, 0) is 19.7 Å². The first-order valence-electron chi connectivity index (χ1n) is 4.60. The molecule has 1 unspecified atom stereocenters. The maximum atomic E-state index is 11.4. The molecule has 0 rings (SSSR count). The summed E-state index contributed by atoms with van der Waals surface area (Å²) in [5.41, 5.74) is 0. The Morgan fingerprint density at radius 1 is 1.47 bits per heavy atom. The lowest BCUT2D eigenvalue weighted by atomic mass is 10.2. The van der Waals surface area contributed by atoms with Crippen LogP contribution in [0.2, 0.25) is 0 Å². The van der Waals surface area contributed by atoms with Gasteiger partial charge in [0.1, 0.15) is 0 Å². The fourth-order valence-electron chi connectivity index (χ4n) is 0.870. The van der Waals surface area contributed by atoms with E-state index in [-0.39, 0.29) is 6.42 Å². The second-order valence-corrected chi connectivity index (χ2v) is 5.21. The summed E-state index contributed by atoms with van der Waals surface area (Å²) in [5, 5.41) is 0. The highest BCUT2D eigenvalue weighted by Crippen LogP contribution is 2.02. The summed E-state index contributed by atoms with van der Waals surface area (Å²) in [6, 6.07) is -0.426. The summed E-state index contributed by atoms with van der Waals surface area (Å²) < 4.78 is 30.8. The first-order valence-corrected chi connectivity index (χ1v) is 6.04. The summed E-state index contributed by atoms with van der Waals surface area (Å²) in [7, 11) is 0.633. The zero-order valence-electron chi connectivity index (χ0n) is 9.48. The van der Waals surface area contributed by atoms with Crippen LogP contribution in [-0.4, -0.2) is 45.9 Å². The Labute approximate surface area is 90.8 Å². The number of nitrogens with zero attached hydrogens (tertiary/aromatic N) is 1. The van der Waals surface area contributed by atoms with Gasteiger partial charge in [-0.3, -0.25) is 4.79 Å². The molecule has 7 heteroatoms. The van der Waals surface area contributed by atoms with Crippen LogP contribution < -0.4 is 4.72 Å². The molecular weight excluding hydrogens is 220 g/mol. The van der Waals surface area contributed by atoms with E-state index in [1.165, 1.54) is 21.2 Å². The van der Waals surface area contributed by atoms with Gasteiger partial charge in [0, 0.05) is 20.1 Å². The lowest BCUT2D eigenvalue weighted by Crippen LogP contribution is -2.42. The van der Waals surface area contributed by atoms with Crippen molar-refractivity contribution in [3.63, 3.8) is 0 Å². The molecule has 1 N–H and O–H groups in total. The molecular formula is C8H18N2O4S. The molecule has 1 atom stereocenters. The van der Waals surface area contributed by atoms with E-state index in [0.717, 1.165) is 4.31 Å². The van der Waals surface area contributed by atoms with Gasteiger partial charge in [-0.25, -0.2) is 0 Å². The topological polar surface area (TPSA) is 75.7 Å². The maximum absolute atomic E-state index is 11.4. The Morgan fingerprint density at radius 2 is 2.00 bits per heavy atom. The highest BCUT2D eigenvalue weighted by molar-refractivity contribution is 7.87. The average molecular weight is 238 g/mol. The molecule has 0 fully saturated rings. The minimum atomic E-state index is -3.49.